The van der Waals surface area contributed by atoms with E-state index in [2.05, 4.69) is 52.1 Å². The molecule has 4 aromatic rings. The molecule has 0 atom stereocenters. The summed E-state index contributed by atoms with van der Waals surface area (Å²) in [5.74, 6) is 0.935. The van der Waals surface area contributed by atoms with Crippen LogP contribution in [0, 0.1) is 0 Å². The van der Waals surface area contributed by atoms with Gasteiger partial charge in [-0.25, -0.2) is 4.98 Å². The van der Waals surface area contributed by atoms with E-state index in [1.54, 1.807) is 11.3 Å². The van der Waals surface area contributed by atoms with Gasteiger partial charge in [-0.05, 0) is 30.7 Å². The third kappa shape index (κ3) is 2.33. The number of aromatic nitrogens is 4. The van der Waals surface area contributed by atoms with Crippen LogP contribution in [0.2, 0.25) is 0 Å². The number of imidazole rings is 1. The number of nitrogens with one attached hydrogen (secondary N) is 1. The minimum Gasteiger partial charge on any atom is -0.354 e. The van der Waals surface area contributed by atoms with Crippen LogP contribution >= 0.6 is 11.3 Å². The molecule has 0 spiro atoms. The average Bonchev–Trinajstić information content (AvgIpc) is 3.34. The molecule has 1 aliphatic heterocycles. The van der Waals surface area contributed by atoms with Gasteiger partial charge >= 0.3 is 0 Å². The number of hydrogen-bond acceptors (Lipinski definition) is 5. The van der Waals surface area contributed by atoms with Crippen molar-refractivity contribution in [2.75, 3.05) is 11.9 Å². The summed E-state index contributed by atoms with van der Waals surface area (Å²) in [4.78, 5) is 15.1. The lowest BCUT2D eigenvalue weighted by atomic mass is 10.1. The minimum atomic E-state index is 0.920. The molecular formula is C19H17N5S. The van der Waals surface area contributed by atoms with E-state index >= 15 is 0 Å². The Labute approximate surface area is 149 Å². The topological polar surface area (TPSA) is 55.6 Å². The van der Waals surface area contributed by atoms with Gasteiger partial charge < -0.3 is 9.88 Å². The predicted molar refractivity (Wildman–Crippen MR) is 102 cm³/mol. The van der Waals surface area contributed by atoms with E-state index in [0.717, 1.165) is 48.2 Å². The van der Waals surface area contributed by atoms with Gasteiger partial charge in [0.05, 0.1) is 16.3 Å². The highest BCUT2D eigenvalue weighted by molar-refractivity contribution is 7.22. The molecule has 124 valence electrons. The van der Waals surface area contributed by atoms with Crippen molar-refractivity contribution in [3.8, 4) is 22.0 Å². The fraction of sp³-hybridized carbons (Fsp3) is 0.211. The molecule has 0 fully saturated rings. The van der Waals surface area contributed by atoms with E-state index in [-0.39, 0.29) is 0 Å². The number of pyridine rings is 2. The fourth-order valence-corrected chi connectivity index (χ4v) is 4.41. The van der Waals surface area contributed by atoms with Crippen molar-refractivity contribution in [2.45, 2.75) is 19.9 Å². The second kappa shape index (κ2) is 5.67. The summed E-state index contributed by atoms with van der Waals surface area (Å²) in [6.07, 6.45) is 4.69. The molecule has 5 rings (SSSR count). The first-order valence-electron chi connectivity index (χ1n) is 8.48. The summed E-state index contributed by atoms with van der Waals surface area (Å²) < 4.78 is 3.51. The summed E-state index contributed by atoms with van der Waals surface area (Å²) in [6.45, 7) is 3.98. The van der Waals surface area contributed by atoms with Crippen LogP contribution in [0.3, 0.4) is 0 Å². The molecule has 0 saturated carbocycles. The number of thiophene rings is 1. The van der Waals surface area contributed by atoms with Crippen molar-refractivity contribution in [2.24, 2.45) is 0 Å². The standard InChI is InChI=1S/C19H17N5S/c1-2-13-4-3-5-14(22-13)17-18(24-9-8-21-19(24)23-17)16-10-12-11-20-7-6-15(12)25-16/h3-7,10-11H,2,8-9H2,1H3,(H,21,23). The highest BCUT2D eigenvalue weighted by Gasteiger charge is 2.25. The normalized spacial score (nSPS) is 13.2. The zero-order valence-electron chi connectivity index (χ0n) is 13.9. The Morgan fingerprint density at radius 3 is 3.08 bits per heavy atom. The first-order valence-corrected chi connectivity index (χ1v) is 9.30. The van der Waals surface area contributed by atoms with Gasteiger partial charge in [0.15, 0.2) is 0 Å². The Hall–Kier alpha value is -2.73. The molecule has 25 heavy (non-hydrogen) atoms. The Balaban J connectivity index is 1.75. The lowest BCUT2D eigenvalue weighted by molar-refractivity contribution is 0.818. The number of hydrogen-bond donors (Lipinski definition) is 1. The molecular weight excluding hydrogens is 330 g/mol. The predicted octanol–water partition coefficient (Wildman–Crippen LogP) is 4.21. The zero-order chi connectivity index (χ0) is 16.8. The average molecular weight is 347 g/mol. The second-order valence-corrected chi connectivity index (χ2v) is 7.19. The van der Waals surface area contributed by atoms with E-state index in [1.165, 1.54) is 15.0 Å². The third-order valence-corrected chi connectivity index (χ3v) is 5.67. The van der Waals surface area contributed by atoms with Crippen molar-refractivity contribution in [3.63, 3.8) is 0 Å². The lowest BCUT2D eigenvalue weighted by Crippen LogP contribution is -1.99. The second-order valence-electron chi connectivity index (χ2n) is 6.10. The molecule has 1 N–H and O–H groups in total. The molecule has 0 saturated heterocycles. The van der Waals surface area contributed by atoms with Gasteiger partial charge in [0.25, 0.3) is 0 Å². The van der Waals surface area contributed by atoms with Gasteiger partial charge in [-0.1, -0.05) is 13.0 Å². The number of nitrogens with zero attached hydrogens (tertiary/aromatic N) is 4. The first kappa shape index (κ1) is 14.6. The smallest absolute Gasteiger partial charge is 0.204 e. The maximum Gasteiger partial charge on any atom is 0.204 e. The monoisotopic (exact) mass is 347 g/mol. The maximum absolute atomic E-state index is 4.86. The van der Waals surface area contributed by atoms with E-state index in [9.17, 15) is 0 Å². The SMILES string of the molecule is CCc1cccc(-c2nc3n(c2-c2cc4cnccc4s2)CCN3)n1. The van der Waals surface area contributed by atoms with Gasteiger partial charge in [0.1, 0.15) is 5.69 Å². The molecule has 0 radical (unpaired) electrons. The molecule has 5 heterocycles. The van der Waals surface area contributed by atoms with Crippen molar-refractivity contribution in [3.05, 3.63) is 48.4 Å². The summed E-state index contributed by atoms with van der Waals surface area (Å²) in [6, 6.07) is 10.5. The number of fused-ring (bicyclic) bond motifs is 2. The third-order valence-electron chi connectivity index (χ3n) is 4.55. The number of aryl methyl sites for hydroxylation is 1. The van der Waals surface area contributed by atoms with E-state index in [1.807, 2.05) is 12.4 Å². The van der Waals surface area contributed by atoms with Gasteiger partial charge in [0.2, 0.25) is 5.95 Å². The van der Waals surface area contributed by atoms with Crippen molar-refractivity contribution >= 4 is 27.4 Å². The van der Waals surface area contributed by atoms with Crippen molar-refractivity contribution < 1.29 is 0 Å². The summed E-state index contributed by atoms with van der Waals surface area (Å²) in [5.41, 5.74) is 4.14. The highest BCUT2D eigenvalue weighted by atomic mass is 32.1. The van der Waals surface area contributed by atoms with Gasteiger partial charge in [-0.15, -0.1) is 11.3 Å². The molecule has 6 heteroatoms. The van der Waals surface area contributed by atoms with Crippen LogP contribution in [-0.2, 0) is 13.0 Å². The Morgan fingerprint density at radius 1 is 1.24 bits per heavy atom. The molecule has 5 nitrogen and oxygen atoms in total. The Bertz CT molecular complexity index is 1050. The van der Waals surface area contributed by atoms with Crippen LogP contribution in [0.4, 0.5) is 5.95 Å². The molecule has 0 bridgehead atoms. The van der Waals surface area contributed by atoms with E-state index < -0.39 is 0 Å². The largest absolute Gasteiger partial charge is 0.354 e. The summed E-state index contributed by atoms with van der Waals surface area (Å²) >= 11 is 1.78. The molecule has 0 amide bonds. The zero-order valence-corrected chi connectivity index (χ0v) is 14.7. The Morgan fingerprint density at radius 2 is 2.20 bits per heavy atom. The first-order chi connectivity index (χ1) is 12.3. The summed E-state index contributed by atoms with van der Waals surface area (Å²) in [7, 11) is 0. The van der Waals surface area contributed by atoms with Crippen LogP contribution in [0.15, 0.2) is 42.7 Å². The van der Waals surface area contributed by atoms with Gasteiger partial charge in [-0.2, -0.15) is 0 Å². The molecule has 4 aromatic heterocycles. The lowest BCUT2D eigenvalue weighted by Gasteiger charge is -2.06. The molecule has 0 aliphatic carbocycles. The van der Waals surface area contributed by atoms with E-state index in [4.69, 9.17) is 9.97 Å². The molecule has 0 aromatic carbocycles. The number of rotatable bonds is 3. The van der Waals surface area contributed by atoms with Gasteiger partial charge in [-0.3, -0.25) is 9.97 Å². The van der Waals surface area contributed by atoms with Crippen LogP contribution in [0.25, 0.3) is 32.0 Å². The van der Waals surface area contributed by atoms with Crippen LogP contribution in [0.5, 0.6) is 0 Å². The molecule has 1 aliphatic rings. The summed E-state index contributed by atoms with van der Waals surface area (Å²) in [5, 5.41) is 4.55. The van der Waals surface area contributed by atoms with Crippen molar-refractivity contribution in [1.82, 2.24) is 19.5 Å². The van der Waals surface area contributed by atoms with Crippen molar-refractivity contribution in [1.29, 1.82) is 0 Å². The van der Waals surface area contributed by atoms with E-state index in [0.29, 0.717) is 0 Å². The van der Waals surface area contributed by atoms with Crippen LogP contribution in [0.1, 0.15) is 12.6 Å². The quantitative estimate of drug-likeness (QED) is 0.603. The van der Waals surface area contributed by atoms with Gasteiger partial charge in [0, 0.05) is 41.3 Å². The van der Waals surface area contributed by atoms with Crippen LogP contribution < -0.4 is 5.32 Å². The maximum atomic E-state index is 4.86. The highest BCUT2D eigenvalue weighted by Crippen LogP contribution is 2.40. The Kier molecular flexibility index (Phi) is 3.31. The number of anilines is 1. The fourth-order valence-electron chi connectivity index (χ4n) is 3.32. The molecule has 0 unspecified atom stereocenters. The minimum absolute atomic E-state index is 0.920. The van der Waals surface area contributed by atoms with Crippen LogP contribution in [-0.4, -0.2) is 26.1 Å².